The van der Waals surface area contributed by atoms with Crippen LogP contribution in [0.15, 0.2) is 132 Å². The van der Waals surface area contributed by atoms with Crippen molar-refractivity contribution in [1.29, 1.82) is 0 Å². The molecule has 0 saturated heterocycles. The Bertz CT molecular complexity index is 2950. The second-order valence-corrected chi connectivity index (χ2v) is 13.4. The number of thiol groups is 1. The number of nitrogens with zero attached hydrogens (tertiary/aromatic N) is 4. The number of pyridine rings is 1. The molecule has 0 N–H and O–H groups in total. The number of para-hydroxylation sites is 1. The minimum Gasteiger partial charge on any atom is -0.275 e. The largest absolute Gasteiger partial charge is 0.275 e. The molecule has 0 saturated carbocycles. The van der Waals surface area contributed by atoms with Crippen LogP contribution in [0.5, 0.6) is 0 Å². The van der Waals surface area contributed by atoms with Gasteiger partial charge in [0.15, 0.2) is 0 Å². The Morgan fingerprint density at radius 3 is 2.46 bits per heavy atom. The number of fused-ring (bicyclic) bond motifs is 9. The summed E-state index contributed by atoms with van der Waals surface area (Å²) in [6.45, 7) is 0. The summed E-state index contributed by atoms with van der Waals surface area (Å²) in [5.41, 5.74) is 7.53. The Balaban J connectivity index is 1.36. The van der Waals surface area contributed by atoms with Gasteiger partial charge < -0.3 is 0 Å². The zero-order valence-corrected chi connectivity index (χ0v) is 27.2. The first-order valence-corrected chi connectivity index (χ1v) is 17.1. The van der Waals surface area contributed by atoms with Gasteiger partial charge >= 0.3 is 0 Å². The van der Waals surface area contributed by atoms with E-state index in [1.807, 2.05) is 29.7 Å². The molecule has 1 aliphatic rings. The lowest BCUT2D eigenvalue weighted by atomic mass is 9.95. The molecule has 224 valence electrons. The summed E-state index contributed by atoms with van der Waals surface area (Å²) in [5, 5.41) is 6.71. The van der Waals surface area contributed by atoms with Crippen LogP contribution in [0.2, 0.25) is 0 Å². The Labute approximate surface area is 285 Å². The summed E-state index contributed by atoms with van der Waals surface area (Å²) < 4.78 is 4.63. The van der Waals surface area contributed by atoms with Crippen LogP contribution in [-0.4, -0.2) is 19.5 Å². The lowest BCUT2D eigenvalue weighted by molar-refractivity contribution is 1.01. The predicted molar refractivity (Wildman–Crippen MR) is 204 cm³/mol. The predicted octanol–water partition coefficient (Wildman–Crippen LogP) is 10.9. The van der Waals surface area contributed by atoms with Gasteiger partial charge in [-0.15, -0.1) is 24.0 Å². The van der Waals surface area contributed by atoms with Gasteiger partial charge in [0, 0.05) is 65.2 Å². The molecular weight excluding hydrogens is 625 g/mol. The van der Waals surface area contributed by atoms with Gasteiger partial charge in [0.05, 0.1) is 27.8 Å². The molecule has 4 nitrogen and oxygen atoms in total. The summed E-state index contributed by atoms with van der Waals surface area (Å²) >= 11 is 7.14. The van der Waals surface area contributed by atoms with E-state index in [2.05, 4.69) is 126 Å². The van der Waals surface area contributed by atoms with Crippen molar-refractivity contribution < 1.29 is 0 Å². The van der Waals surface area contributed by atoms with Gasteiger partial charge in [-0.2, -0.15) is 0 Å². The molecule has 0 fully saturated rings. The van der Waals surface area contributed by atoms with E-state index >= 15 is 0 Å². The summed E-state index contributed by atoms with van der Waals surface area (Å²) in [4.78, 5) is 16.5. The number of thiophene rings is 1. The average Bonchev–Trinajstić information content (AvgIpc) is 3.57. The van der Waals surface area contributed by atoms with Crippen molar-refractivity contribution in [3.8, 4) is 29.0 Å². The van der Waals surface area contributed by atoms with Gasteiger partial charge in [0.2, 0.25) is 5.95 Å². The fourth-order valence-corrected chi connectivity index (χ4v) is 8.84. The third kappa shape index (κ3) is 3.96. The first-order valence-electron chi connectivity index (χ1n) is 15.8. The fourth-order valence-electron chi connectivity index (χ4n) is 7.17. The van der Waals surface area contributed by atoms with Crippen LogP contribution < -0.4 is 0 Å². The van der Waals surface area contributed by atoms with E-state index < -0.39 is 0 Å². The molecule has 0 unspecified atom stereocenters. The second kappa shape index (κ2) is 10.6. The molecule has 1 aliphatic carbocycles. The van der Waals surface area contributed by atoms with Gasteiger partial charge in [0.25, 0.3) is 0 Å². The van der Waals surface area contributed by atoms with E-state index in [9.17, 15) is 0 Å². The Hall–Kier alpha value is -5.74. The second-order valence-electron chi connectivity index (χ2n) is 11.9. The number of benzene rings is 5. The minimum absolute atomic E-state index is 0.576. The third-order valence-corrected chi connectivity index (χ3v) is 10.9. The van der Waals surface area contributed by atoms with Crippen molar-refractivity contribution in [3.05, 3.63) is 133 Å². The molecule has 4 heterocycles. The molecule has 0 amide bonds. The van der Waals surface area contributed by atoms with Gasteiger partial charge in [-0.05, 0) is 41.1 Å². The SMILES string of the molecule is Sc1c(C2=CC=CCC#C2)c2ccccc2c2c3ncccc3n(-c3nc(-c4cccc5c4sc4ccccc45)c4ccccc4n3)c12. The fraction of sp³-hybridized carbons (Fsp3) is 0.0238. The lowest BCUT2D eigenvalue weighted by Gasteiger charge is -2.15. The molecule has 6 heteroatoms. The van der Waals surface area contributed by atoms with Crippen LogP contribution in [-0.2, 0) is 0 Å². The lowest BCUT2D eigenvalue weighted by Crippen LogP contribution is -2.04. The van der Waals surface area contributed by atoms with E-state index in [1.165, 1.54) is 20.2 Å². The van der Waals surface area contributed by atoms with Crippen LogP contribution in [0, 0.1) is 11.8 Å². The van der Waals surface area contributed by atoms with Crippen molar-refractivity contribution in [1.82, 2.24) is 19.5 Å². The van der Waals surface area contributed by atoms with Crippen LogP contribution >= 0.6 is 24.0 Å². The van der Waals surface area contributed by atoms with E-state index in [1.54, 1.807) is 0 Å². The zero-order valence-electron chi connectivity index (χ0n) is 25.5. The van der Waals surface area contributed by atoms with Crippen LogP contribution in [0.25, 0.3) is 86.6 Å². The smallest absolute Gasteiger partial charge is 0.235 e. The molecular formula is C42H24N4S2. The molecule has 10 rings (SSSR count). The maximum Gasteiger partial charge on any atom is 0.235 e. The maximum absolute atomic E-state index is 5.46. The van der Waals surface area contributed by atoms with Crippen molar-refractivity contribution in [3.63, 3.8) is 0 Å². The number of aromatic nitrogens is 4. The quantitative estimate of drug-likeness (QED) is 0.153. The maximum atomic E-state index is 5.46. The van der Waals surface area contributed by atoms with E-state index in [0.29, 0.717) is 12.4 Å². The van der Waals surface area contributed by atoms with E-state index in [4.69, 9.17) is 27.6 Å². The van der Waals surface area contributed by atoms with Crippen LogP contribution in [0.1, 0.15) is 12.0 Å². The Kier molecular flexibility index (Phi) is 6.07. The van der Waals surface area contributed by atoms with Gasteiger partial charge in [0.1, 0.15) is 0 Å². The van der Waals surface area contributed by atoms with Crippen molar-refractivity contribution >= 4 is 93.3 Å². The molecule has 0 radical (unpaired) electrons. The zero-order chi connectivity index (χ0) is 31.8. The summed E-state index contributed by atoms with van der Waals surface area (Å²) in [6.07, 6.45) is 8.81. The van der Waals surface area contributed by atoms with Gasteiger partial charge in [-0.3, -0.25) is 9.55 Å². The normalized spacial score (nSPS) is 13.1. The first-order chi connectivity index (χ1) is 23.8. The number of hydrogen-bond donors (Lipinski definition) is 1. The molecule has 0 spiro atoms. The summed E-state index contributed by atoms with van der Waals surface area (Å²) in [6, 6.07) is 36.0. The molecule has 0 atom stereocenters. The van der Waals surface area contributed by atoms with Crippen LogP contribution in [0.4, 0.5) is 0 Å². The highest BCUT2D eigenvalue weighted by Crippen LogP contribution is 2.45. The average molecular weight is 649 g/mol. The molecule has 9 aromatic rings. The highest BCUT2D eigenvalue weighted by Gasteiger charge is 2.25. The molecule has 48 heavy (non-hydrogen) atoms. The summed E-state index contributed by atoms with van der Waals surface area (Å²) in [7, 11) is 0. The van der Waals surface area contributed by atoms with Gasteiger partial charge in [-0.1, -0.05) is 103 Å². The monoisotopic (exact) mass is 648 g/mol. The topological polar surface area (TPSA) is 43.6 Å². The van der Waals surface area contributed by atoms with Crippen LogP contribution in [0.3, 0.4) is 0 Å². The van der Waals surface area contributed by atoms with Gasteiger partial charge in [-0.25, -0.2) is 9.97 Å². The summed E-state index contributed by atoms with van der Waals surface area (Å²) in [5.74, 6) is 7.29. The Morgan fingerprint density at radius 1 is 0.750 bits per heavy atom. The minimum atomic E-state index is 0.576. The van der Waals surface area contributed by atoms with E-state index in [0.717, 1.165) is 70.9 Å². The van der Waals surface area contributed by atoms with Crippen molar-refractivity contribution in [2.24, 2.45) is 0 Å². The Morgan fingerprint density at radius 2 is 1.54 bits per heavy atom. The number of rotatable bonds is 3. The molecule has 0 aliphatic heterocycles. The standard InChI is InChI=1S/C42H24N4S2/c47-40-35(25-13-3-1-2-4-14-25)27-16-5-6-17-28(27)36-38-33(22-12-24-43-38)46(39(36)40)42-44-32-21-9-7-18-30(32)37(45-42)31-20-11-19-29-26-15-8-10-23-34(26)48-41(29)31/h1,3,5-13,15-24,47H,2H2. The van der Waals surface area contributed by atoms with Crippen molar-refractivity contribution in [2.45, 2.75) is 11.3 Å². The first kappa shape index (κ1) is 27.4. The third-order valence-electron chi connectivity index (χ3n) is 9.21. The molecule has 0 bridgehead atoms. The number of allylic oxidation sites excluding steroid dienone is 4. The molecule has 5 aromatic carbocycles. The van der Waals surface area contributed by atoms with E-state index in [-0.39, 0.29) is 0 Å². The number of hydrogen-bond acceptors (Lipinski definition) is 5. The highest BCUT2D eigenvalue weighted by molar-refractivity contribution is 7.80. The molecule has 4 aromatic heterocycles. The van der Waals surface area contributed by atoms with Crippen molar-refractivity contribution in [2.75, 3.05) is 0 Å². The highest BCUT2D eigenvalue weighted by atomic mass is 32.1.